The zero-order valence-electron chi connectivity index (χ0n) is 14.4. The van der Waals surface area contributed by atoms with E-state index in [0.29, 0.717) is 0 Å². The summed E-state index contributed by atoms with van der Waals surface area (Å²) in [5, 5.41) is 0. The van der Waals surface area contributed by atoms with Crippen molar-refractivity contribution < 1.29 is 0 Å². The van der Waals surface area contributed by atoms with Crippen molar-refractivity contribution in [3.63, 3.8) is 0 Å². The van der Waals surface area contributed by atoms with Gasteiger partial charge in [0.15, 0.2) is 0 Å². The summed E-state index contributed by atoms with van der Waals surface area (Å²) in [7, 11) is 0. The minimum atomic E-state index is -0.0633. The molecule has 1 aromatic heterocycles. The Morgan fingerprint density at radius 2 is 1.09 bits per heavy atom. The van der Waals surface area contributed by atoms with Crippen LogP contribution in [0.15, 0.2) is 72.9 Å². The van der Waals surface area contributed by atoms with Gasteiger partial charge in [-0.3, -0.25) is 0 Å². The molecule has 0 unspecified atom stereocenters. The zero-order chi connectivity index (χ0) is 16.5. The van der Waals surface area contributed by atoms with Crippen LogP contribution in [0, 0.1) is 0 Å². The average Bonchev–Trinajstić information content (AvgIpc) is 3.08. The number of aromatic amines is 1. The fraction of sp³-hybridized carbons (Fsp3) is 0.273. The number of benzene rings is 2. The van der Waals surface area contributed by atoms with Crippen LogP contribution in [0.3, 0.4) is 0 Å². The second-order valence-electron chi connectivity index (χ2n) is 7.25. The van der Waals surface area contributed by atoms with Gasteiger partial charge in [0, 0.05) is 22.7 Å². The second-order valence-corrected chi connectivity index (χ2v) is 7.25. The molecule has 0 aliphatic carbocycles. The van der Waals surface area contributed by atoms with E-state index in [0.717, 1.165) is 0 Å². The molecule has 0 saturated heterocycles. The van der Waals surface area contributed by atoms with Gasteiger partial charge in [0.25, 0.3) is 0 Å². The lowest BCUT2D eigenvalue weighted by molar-refractivity contribution is 0.569. The molecule has 0 aliphatic rings. The molecule has 0 atom stereocenters. The van der Waals surface area contributed by atoms with Crippen molar-refractivity contribution in [2.24, 2.45) is 0 Å². The van der Waals surface area contributed by atoms with E-state index in [4.69, 9.17) is 0 Å². The summed E-state index contributed by atoms with van der Waals surface area (Å²) in [6.45, 7) is 9.18. The standard InChI is InChI=1S/C22H25N/c1-21(2,17-11-7-5-8-12-17)19-15-16-23-20(19)22(3,4)18-13-9-6-10-14-18/h5-16,23H,1-4H3. The Labute approximate surface area is 139 Å². The molecule has 0 aliphatic heterocycles. The highest BCUT2D eigenvalue weighted by Crippen LogP contribution is 2.40. The highest BCUT2D eigenvalue weighted by Gasteiger charge is 2.33. The van der Waals surface area contributed by atoms with Gasteiger partial charge in [0.2, 0.25) is 0 Å². The Hall–Kier alpha value is -2.28. The van der Waals surface area contributed by atoms with E-state index in [1.54, 1.807) is 0 Å². The monoisotopic (exact) mass is 303 g/mol. The predicted molar refractivity (Wildman–Crippen MR) is 97.9 cm³/mol. The van der Waals surface area contributed by atoms with E-state index in [-0.39, 0.29) is 10.8 Å². The predicted octanol–water partition coefficient (Wildman–Crippen LogP) is 5.67. The minimum Gasteiger partial charge on any atom is -0.364 e. The van der Waals surface area contributed by atoms with Crippen molar-refractivity contribution in [3.8, 4) is 0 Å². The number of H-pyrrole nitrogens is 1. The maximum atomic E-state index is 3.52. The van der Waals surface area contributed by atoms with Crippen LogP contribution >= 0.6 is 0 Å². The summed E-state index contributed by atoms with van der Waals surface area (Å²) in [6, 6.07) is 23.7. The summed E-state index contributed by atoms with van der Waals surface area (Å²) in [5.74, 6) is 0. The number of hydrogen-bond donors (Lipinski definition) is 1. The van der Waals surface area contributed by atoms with E-state index < -0.39 is 0 Å². The Kier molecular flexibility index (Phi) is 3.89. The lowest BCUT2D eigenvalue weighted by atomic mass is 9.72. The first-order valence-corrected chi connectivity index (χ1v) is 8.23. The molecule has 3 aromatic rings. The molecular formula is C22H25N. The van der Waals surface area contributed by atoms with Gasteiger partial charge in [0.05, 0.1) is 0 Å². The molecule has 0 saturated carbocycles. The van der Waals surface area contributed by atoms with Gasteiger partial charge in [-0.1, -0.05) is 88.4 Å². The third-order valence-electron chi connectivity index (χ3n) is 5.04. The van der Waals surface area contributed by atoms with Gasteiger partial charge in [-0.15, -0.1) is 0 Å². The number of nitrogens with one attached hydrogen (secondary N) is 1. The smallest absolute Gasteiger partial charge is 0.0300 e. The van der Waals surface area contributed by atoms with Gasteiger partial charge in [-0.05, 0) is 22.8 Å². The van der Waals surface area contributed by atoms with Gasteiger partial charge < -0.3 is 4.98 Å². The maximum Gasteiger partial charge on any atom is 0.0300 e. The van der Waals surface area contributed by atoms with Gasteiger partial charge in [-0.2, -0.15) is 0 Å². The molecule has 1 N–H and O–H groups in total. The molecular weight excluding hydrogens is 278 g/mol. The summed E-state index contributed by atoms with van der Waals surface area (Å²) < 4.78 is 0. The maximum absolute atomic E-state index is 3.52. The Morgan fingerprint density at radius 1 is 0.609 bits per heavy atom. The van der Waals surface area contributed by atoms with Crippen molar-refractivity contribution in [1.29, 1.82) is 0 Å². The van der Waals surface area contributed by atoms with E-state index in [2.05, 4.69) is 106 Å². The van der Waals surface area contributed by atoms with Crippen LogP contribution in [-0.4, -0.2) is 4.98 Å². The fourth-order valence-corrected chi connectivity index (χ4v) is 3.42. The number of aromatic nitrogens is 1. The summed E-state index contributed by atoms with van der Waals surface area (Å²) in [6.07, 6.45) is 2.07. The number of rotatable bonds is 4. The van der Waals surface area contributed by atoms with Crippen molar-refractivity contribution >= 4 is 0 Å². The third kappa shape index (κ3) is 2.72. The lowest BCUT2D eigenvalue weighted by Crippen LogP contribution is -2.27. The molecule has 0 radical (unpaired) electrons. The fourth-order valence-electron chi connectivity index (χ4n) is 3.42. The van der Waals surface area contributed by atoms with Crippen molar-refractivity contribution in [3.05, 3.63) is 95.3 Å². The Bertz CT molecular complexity index is 698. The summed E-state index contributed by atoms with van der Waals surface area (Å²) >= 11 is 0. The summed E-state index contributed by atoms with van der Waals surface area (Å²) in [4.78, 5) is 3.52. The molecule has 2 aromatic carbocycles. The molecule has 1 heterocycles. The van der Waals surface area contributed by atoms with Crippen LogP contribution in [0.25, 0.3) is 0 Å². The summed E-state index contributed by atoms with van der Waals surface area (Å²) in [5.41, 5.74) is 5.21. The first-order chi connectivity index (χ1) is 10.9. The Morgan fingerprint density at radius 3 is 1.61 bits per heavy atom. The number of hydrogen-bond acceptors (Lipinski definition) is 0. The van der Waals surface area contributed by atoms with E-state index in [1.165, 1.54) is 22.4 Å². The van der Waals surface area contributed by atoms with E-state index in [9.17, 15) is 0 Å². The molecule has 0 fully saturated rings. The van der Waals surface area contributed by atoms with Crippen LogP contribution in [0.4, 0.5) is 0 Å². The normalized spacial score (nSPS) is 12.3. The van der Waals surface area contributed by atoms with Crippen LogP contribution < -0.4 is 0 Å². The minimum absolute atomic E-state index is 0.0390. The zero-order valence-corrected chi connectivity index (χ0v) is 14.4. The molecule has 118 valence electrons. The molecule has 0 amide bonds. The van der Waals surface area contributed by atoms with Gasteiger partial charge in [-0.25, -0.2) is 0 Å². The first-order valence-electron chi connectivity index (χ1n) is 8.23. The molecule has 0 bridgehead atoms. The van der Waals surface area contributed by atoms with Crippen LogP contribution in [0.5, 0.6) is 0 Å². The topological polar surface area (TPSA) is 15.8 Å². The van der Waals surface area contributed by atoms with Crippen LogP contribution in [0.2, 0.25) is 0 Å². The molecule has 1 nitrogen and oxygen atoms in total. The van der Waals surface area contributed by atoms with Crippen LogP contribution in [-0.2, 0) is 10.8 Å². The van der Waals surface area contributed by atoms with Crippen molar-refractivity contribution in [1.82, 2.24) is 4.98 Å². The second kappa shape index (κ2) is 5.73. The van der Waals surface area contributed by atoms with Gasteiger partial charge in [0.1, 0.15) is 0 Å². The highest BCUT2D eigenvalue weighted by molar-refractivity contribution is 5.46. The van der Waals surface area contributed by atoms with Gasteiger partial charge >= 0.3 is 0 Å². The largest absolute Gasteiger partial charge is 0.364 e. The highest BCUT2D eigenvalue weighted by atomic mass is 14.7. The third-order valence-corrected chi connectivity index (χ3v) is 5.04. The quantitative estimate of drug-likeness (QED) is 0.639. The molecule has 0 spiro atoms. The average molecular weight is 303 g/mol. The lowest BCUT2D eigenvalue weighted by Gasteiger charge is -2.32. The molecule has 23 heavy (non-hydrogen) atoms. The SMILES string of the molecule is CC(C)(c1ccccc1)c1cc[nH]c1C(C)(C)c1ccccc1. The Balaban J connectivity index is 2.10. The van der Waals surface area contributed by atoms with E-state index >= 15 is 0 Å². The van der Waals surface area contributed by atoms with Crippen molar-refractivity contribution in [2.45, 2.75) is 38.5 Å². The van der Waals surface area contributed by atoms with Crippen molar-refractivity contribution in [2.75, 3.05) is 0 Å². The first kappa shape index (κ1) is 15.6. The van der Waals surface area contributed by atoms with E-state index in [1.807, 2.05) is 0 Å². The van der Waals surface area contributed by atoms with Crippen LogP contribution in [0.1, 0.15) is 50.1 Å². The molecule has 3 rings (SSSR count). The molecule has 1 heteroatoms.